The molecule has 3 aromatic rings. The lowest BCUT2D eigenvalue weighted by Gasteiger charge is -2.20. The normalized spacial score (nSPS) is 12.3. The van der Waals surface area contributed by atoms with E-state index < -0.39 is 24.8 Å². The predicted octanol–water partition coefficient (Wildman–Crippen LogP) is 4.46. The first kappa shape index (κ1) is 23.1. The van der Waals surface area contributed by atoms with Crippen LogP contribution in [0.3, 0.4) is 0 Å². The van der Waals surface area contributed by atoms with Crippen molar-refractivity contribution >= 4 is 11.7 Å². The van der Waals surface area contributed by atoms with Crippen LogP contribution in [-0.4, -0.2) is 42.7 Å². The summed E-state index contributed by atoms with van der Waals surface area (Å²) in [6.07, 6.45) is -4.60. The summed E-state index contributed by atoms with van der Waals surface area (Å²) in [7, 11) is 2.99. The second kappa shape index (κ2) is 9.73. The molecule has 0 aliphatic rings. The number of carbonyl (C=O) groups excluding carboxylic acids is 1. The Morgan fingerprint density at radius 3 is 2.38 bits per heavy atom. The Morgan fingerprint density at radius 2 is 1.75 bits per heavy atom. The molecule has 0 saturated carbocycles. The van der Waals surface area contributed by atoms with Crippen LogP contribution in [0, 0.1) is 6.92 Å². The first-order valence-corrected chi connectivity index (χ1v) is 9.54. The number of rotatable bonds is 8. The SMILES string of the molecule is COc1ccc(-n2nccc2NC(=O)C(OCC(F)(F)F)c2ccc(C)cc2)cc1OC. The van der Waals surface area contributed by atoms with Crippen molar-refractivity contribution in [2.45, 2.75) is 19.2 Å². The number of aryl methyl sites for hydroxylation is 1. The minimum Gasteiger partial charge on any atom is -0.493 e. The lowest BCUT2D eigenvalue weighted by molar-refractivity contribution is -0.187. The van der Waals surface area contributed by atoms with Gasteiger partial charge >= 0.3 is 6.18 Å². The van der Waals surface area contributed by atoms with E-state index in [0.29, 0.717) is 22.7 Å². The molecule has 1 heterocycles. The number of carbonyl (C=O) groups is 1. The number of nitrogens with zero attached hydrogens (tertiary/aromatic N) is 2. The Bertz CT molecular complexity index is 1070. The van der Waals surface area contributed by atoms with Crippen molar-refractivity contribution in [1.29, 1.82) is 0 Å². The fraction of sp³-hybridized carbons (Fsp3) is 0.273. The summed E-state index contributed by atoms with van der Waals surface area (Å²) in [5.74, 6) is 0.438. The second-order valence-corrected chi connectivity index (χ2v) is 6.87. The Balaban J connectivity index is 1.87. The zero-order valence-electron chi connectivity index (χ0n) is 17.6. The number of aromatic nitrogens is 2. The molecule has 32 heavy (non-hydrogen) atoms. The number of hydrogen-bond acceptors (Lipinski definition) is 5. The third kappa shape index (κ3) is 5.58. The number of amides is 1. The molecular formula is C22H22F3N3O4. The van der Waals surface area contributed by atoms with Crippen LogP contribution < -0.4 is 14.8 Å². The van der Waals surface area contributed by atoms with Crippen molar-refractivity contribution in [2.24, 2.45) is 0 Å². The highest BCUT2D eigenvalue weighted by Crippen LogP contribution is 2.30. The molecule has 2 aromatic carbocycles. The number of benzene rings is 2. The third-order valence-electron chi connectivity index (χ3n) is 4.54. The van der Waals surface area contributed by atoms with E-state index in [0.717, 1.165) is 5.56 Å². The minimum absolute atomic E-state index is 0.245. The molecule has 1 unspecified atom stereocenters. The molecule has 0 aliphatic carbocycles. The van der Waals surface area contributed by atoms with Crippen LogP contribution in [0.15, 0.2) is 54.7 Å². The number of hydrogen-bond donors (Lipinski definition) is 1. The molecule has 3 rings (SSSR count). The van der Waals surface area contributed by atoms with E-state index in [2.05, 4.69) is 10.4 Å². The van der Waals surface area contributed by atoms with Crippen LogP contribution in [0.5, 0.6) is 11.5 Å². The van der Waals surface area contributed by atoms with Gasteiger partial charge in [-0.2, -0.15) is 18.3 Å². The first-order valence-electron chi connectivity index (χ1n) is 9.54. The quantitative estimate of drug-likeness (QED) is 0.550. The maximum atomic E-state index is 12.9. The van der Waals surface area contributed by atoms with Gasteiger partial charge in [0.05, 0.1) is 26.1 Å². The zero-order chi connectivity index (χ0) is 23.3. The molecule has 0 radical (unpaired) electrons. The summed E-state index contributed by atoms with van der Waals surface area (Å²) in [5, 5.41) is 6.79. The molecule has 1 amide bonds. The average molecular weight is 449 g/mol. The average Bonchev–Trinajstić information content (AvgIpc) is 3.21. The summed E-state index contributed by atoms with van der Waals surface area (Å²) >= 11 is 0. The summed E-state index contributed by atoms with van der Waals surface area (Å²) in [5.41, 5.74) is 1.75. The van der Waals surface area contributed by atoms with Gasteiger partial charge in [-0.05, 0) is 24.6 Å². The highest BCUT2D eigenvalue weighted by molar-refractivity contribution is 5.94. The molecule has 0 fully saturated rings. The lowest BCUT2D eigenvalue weighted by Crippen LogP contribution is -2.28. The van der Waals surface area contributed by atoms with Gasteiger partial charge in [0, 0.05) is 12.1 Å². The smallest absolute Gasteiger partial charge is 0.411 e. The van der Waals surface area contributed by atoms with E-state index in [1.54, 1.807) is 42.5 Å². The van der Waals surface area contributed by atoms with Crippen LogP contribution in [0.4, 0.5) is 19.0 Å². The summed E-state index contributed by atoms with van der Waals surface area (Å²) in [4.78, 5) is 12.9. The highest BCUT2D eigenvalue weighted by Gasteiger charge is 2.32. The van der Waals surface area contributed by atoms with Gasteiger partial charge in [-0.25, -0.2) is 4.68 Å². The first-order chi connectivity index (χ1) is 15.2. The number of anilines is 1. The van der Waals surface area contributed by atoms with E-state index in [1.807, 2.05) is 6.92 Å². The molecular weight excluding hydrogens is 427 g/mol. The molecule has 1 aromatic heterocycles. The van der Waals surface area contributed by atoms with E-state index >= 15 is 0 Å². The molecule has 0 bridgehead atoms. The van der Waals surface area contributed by atoms with Crippen LogP contribution in [0.25, 0.3) is 5.69 Å². The van der Waals surface area contributed by atoms with Gasteiger partial charge in [-0.15, -0.1) is 0 Å². The Hall–Kier alpha value is -3.53. The largest absolute Gasteiger partial charge is 0.493 e. The van der Waals surface area contributed by atoms with Crippen molar-refractivity contribution in [1.82, 2.24) is 9.78 Å². The topological polar surface area (TPSA) is 74.6 Å². The van der Waals surface area contributed by atoms with Crippen molar-refractivity contribution in [3.63, 3.8) is 0 Å². The van der Waals surface area contributed by atoms with Gasteiger partial charge in [0.1, 0.15) is 12.4 Å². The minimum atomic E-state index is -4.58. The Morgan fingerprint density at radius 1 is 1.06 bits per heavy atom. The summed E-state index contributed by atoms with van der Waals surface area (Å²) < 4.78 is 55.2. The summed E-state index contributed by atoms with van der Waals surface area (Å²) in [6.45, 7) is 0.269. The van der Waals surface area contributed by atoms with Crippen molar-refractivity contribution < 1.29 is 32.2 Å². The molecule has 0 saturated heterocycles. The van der Waals surface area contributed by atoms with Gasteiger partial charge < -0.3 is 19.5 Å². The fourth-order valence-electron chi connectivity index (χ4n) is 2.99. The number of methoxy groups -OCH3 is 2. The van der Waals surface area contributed by atoms with Gasteiger partial charge in [0.15, 0.2) is 17.6 Å². The highest BCUT2D eigenvalue weighted by atomic mass is 19.4. The maximum Gasteiger partial charge on any atom is 0.411 e. The van der Waals surface area contributed by atoms with Crippen LogP contribution in [0.2, 0.25) is 0 Å². The maximum absolute atomic E-state index is 12.9. The van der Waals surface area contributed by atoms with Gasteiger partial charge in [0.25, 0.3) is 5.91 Å². The molecule has 7 nitrogen and oxygen atoms in total. The molecule has 0 spiro atoms. The van der Waals surface area contributed by atoms with Crippen molar-refractivity contribution in [2.75, 3.05) is 26.1 Å². The van der Waals surface area contributed by atoms with E-state index in [4.69, 9.17) is 14.2 Å². The number of ether oxygens (including phenoxy) is 3. The van der Waals surface area contributed by atoms with E-state index in [9.17, 15) is 18.0 Å². The Kier molecular flexibility index (Phi) is 7.04. The standard InChI is InChI=1S/C22H22F3N3O4/c1-14-4-6-15(7-5-14)20(32-13-22(23,24)25)21(29)27-19-10-11-26-28(19)16-8-9-17(30-2)18(12-16)31-3/h4-12,20H,13H2,1-3H3,(H,27,29). The zero-order valence-corrected chi connectivity index (χ0v) is 17.6. The van der Waals surface area contributed by atoms with Crippen LogP contribution in [-0.2, 0) is 9.53 Å². The summed E-state index contributed by atoms with van der Waals surface area (Å²) in [6, 6.07) is 13.0. The van der Waals surface area contributed by atoms with E-state index in [-0.39, 0.29) is 5.82 Å². The number of nitrogens with one attached hydrogen (secondary N) is 1. The third-order valence-corrected chi connectivity index (χ3v) is 4.54. The second-order valence-electron chi connectivity index (χ2n) is 6.87. The number of halogens is 3. The predicted molar refractivity (Wildman–Crippen MR) is 111 cm³/mol. The molecule has 10 heteroatoms. The molecule has 0 aliphatic heterocycles. The van der Waals surface area contributed by atoms with Crippen LogP contribution in [0.1, 0.15) is 17.2 Å². The Labute approximate surface area is 182 Å². The van der Waals surface area contributed by atoms with Crippen molar-refractivity contribution in [3.8, 4) is 17.2 Å². The monoisotopic (exact) mass is 449 g/mol. The number of alkyl halides is 3. The van der Waals surface area contributed by atoms with Gasteiger partial charge in [0.2, 0.25) is 0 Å². The van der Waals surface area contributed by atoms with Crippen molar-refractivity contribution in [3.05, 3.63) is 65.9 Å². The molecule has 1 atom stereocenters. The molecule has 1 N–H and O–H groups in total. The van der Waals surface area contributed by atoms with E-state index in [1.165, 1.54) is 31.2 Å². The fourth-order valence-corrected chi connectivity index (χ4v) is 2.99. The molecule has 170 valence electrons. The van der Waals surface area contributed by atoms with Crippen LogP contribution >= 0.6 is 0 Å². The van der Waals surface area contributed by atoms with Gasteiger partial charge in [-0.1, -0.05) is 29.8 Å². The lowest BCUT2D eigenvalue weighted by atomic mass is 10.1. The van der Waals surface area contributed by atoms with Gasteiger partial charge in [-0.3, -0.25) is 4.79 Å².